The molecule has 0 bridgehead atoms. The van der Waals surface area contributed by atoms with E-state index in [-0.39, 0.29) is 13.0 Å². The number of alkyl halides is 3. The van der Waals surface area contributed by atoms with Crippen LogP contribution >= 0.6 is 11.6 Å². The second kappa shape index (κ2) is 7.59. The largest absolute Gasteiger partial charge is 0.406 e. The van der Waals surface area contributed by atoms with Crippen molar-refractivity contribution in [3.8, 4) is 0 Å². The van der Waals surface area contributed by atoms with E-state index in [9.17, 15) is 22.8 Å². The lowest BCUT2D eigenvalue weighted by molar-refractivity contribution is -0.157. The fraction of sp³-hybridized carbons (Fsp3) is 0.353. The van der Waals surface area contributed by atoms with Crippen molar-refractivity contribution >= 4 is 29.2 Å². The van der Waals surface area contributed by atoms with E-state index in [4.69, 9.17) is 11.6 Å². The fourth-order valence-electron chi connectivity index (χ4n) is 2.87. The highest BCUT2D eigenvalue weighted by atomic mass is 35.5. The topological polar surface area (TPSA) is 67.2 Å². The number of amides is 2. The molecule has 1 fully saturated rings. The molecule has 0 aliphatic carbocycles. The maximum absolute atomic E-state index is 12.5. The molecule has 0 saturated carbocycles. The molecule has 0 unspecified atom stereocenters. The zero-order chi connectivity index (χ0) is 19.6. The van der Waals surface area contributed by atoms with Crippen LogP contribution in [0.3, 0.4) is 0 Å². The molecule has 1 aromatic carbocycles. The molecule has 1 atom stereocenters. The molecule has 1 aliphatic rings. The Kier molecular flexibility index (Phi) is 5.41. The second-order valence-electron chi connectivity index (χ2n) is 6.28. The van der Waals surface area contributed by atoms with Gasteiger partial charge in [0.2, 0.25) is 11.8 Å². The number of halogens is 4. The van der Waals surface area contributed by atoms with E-state index in [1.165, 1.54) is 6.20 Å². The van der Waals surface area contributed by atoms with Gasteiger partial charge in [-0.15, -0.1) is 0 Å². The van der Waals surface area contributed by atoms with Crippen LogP contribution in [0.5, 0.6) is 0 Å². The van der Waals surface area contributed by atoms with Gasteiger partial charge < -0.3 is 10.2 Å². The molecule has 10 heteroatoms. The average molecular weight is 401 g/mol. The number of rotatable bonds is 5. The first-order valence-electron chi connectivity index (χ1n) is 8.13. The Balaban J connectivity index is 1.63. The van der Waals surface area contributed by atoms with Crippen LogP contribution in [0.15, 0.2) is 36.5 Å². The summed E-state index contributed by atoms with van der Waals surface area (Å²) in [5, 5.41) is 7.38. The second-order valence-corrected chi connectivity index (χ2v) is 6.72. The van der Waals surface area contributed by atoms with Gasteiger partial charge in [0.1, 0.15) is 12.4 Å². The van der Waals surface area contributed by atoms with E-state index in [1.54, 1.807) is 22.9 Å². The number of carbonyl (C=O) groups excluding carboxylic acids is 2. The Morgan fingerprint density at radius 2 is 1.96 bits per heavy atom. The first-order chi connectivity index (χ1) is 12.7. The highest BCUT2D eigenvalue weighted by Gasteiger charge is 2.40. The molecule has 0 spiro atoms. The molecule has 6 nitrogen and oxygen atoms in total. The van der Waals surface area contributed by atoms with Crippen molar-refractivity contribution in [2.24, 2.45) is 5.92 Å². The normalized spacial score (nSPS) is 17.4. The summed E-state index contributed by atoms with van der Waals surface area (Å²) < 4.78 is 39.0. The van der Waals surface area contributed by atoms with E-state index in [0.29, 0.717) is 22.3 Å². The predicted molar refractivity (Wildman–Crippen MR) is 92.2 cm³/mol. The molecule has 144 valence electrons. The van der Waals surface area contributed by atoms with Crippen LogP contribution in [0.25, 0.3) is 0 Å². The maximum atomic E-state index is 12.5. The van der Waals surface area contributed by atoms with Crippen LogP contribution in [0.2, 0.25) is 5.02 Å². The summed E-state index contributed by atoms with van der Waals surface area (Å²) in [6.45, 7) is -1.22. The highest BCUT2D eigenvalue weighted by Crippen LogP contribution is 2.25. The molecule has 2 aromatic rings. The third-order valence-electron chi connectivity index (χ3n) is 4.17. The van der Waals surface area contributed by atoms with Gasteiger partial charge in [0.05, 0.1) is 18.7 Å². The monoisotopic (exact) mass is 400 g/mol. The van der Waals surface area contributed by atoms with Crippen molar-refractivity contribution in [2.45, 2.75) is 19.1 Å². The van der Waals surface area contributed by atoms with Crippen molar-refractivity contribution < 1.29 is 22.8 Å². The van der Waals surface area contributed by atoms with Gasteiger partial charge in [-0.05, 0) is 17.7 Å². The Morgan fingerprint density at radius 1 is 1.26 bits per heavy atom. The Bertz CT molecular complexity index is 835. The van der Waals surface area contributed by atoms with E-state index < -0.39 is 30.5 Å². The van der Waals surface area contributed by atoms with Gasteiger partial charge in [-0.3, -0.25) is 9.59 Å². The molecule has 1 aromatic heterocycles. The van der Waals surface area contributed by atoms with E-state index in [2.05, 4.69) is 10.4 Å². The van der Waals surface area contributed by atoms with E-state index in [0.717, 1.165) is 5.56 Å². The zero-order valence-electron chi connectivity index (χ0n) is 14.0. The van der Waals surface area contributed by atoms with Crippen molar-refractivity contribution in [3.63, 3.8) is 0 Å². The van der Waals surface area contributed by atoms with Gasteiger partial charge in [0, 0.05) is 24.1 Å². The van der Waals surface area contributed by atoms with Crippen LogP contribution in [-0.4, -0.2) is 45.8 Å². The van der Waals surface area contributed by atoms with Crippen LogP contribution in [0, 0.1) is 5.92 Å². The number of hydrogen-bond donors (Lipinski definition) is 1. The Morgan fingerprint density at radius 3 is 2.63 bits per heavy atom. The van der Waals surface area contributed by atoms with Gasteiger partial charge >= 0.3 is 6.18 Å². The number of nitrogens with zero attached hydrogens (tertiary/aromatic N) is 3. The molecule has 2 amide bonds. The zero-order valence-corrected chi connectivity index (χ0v) is 14.8. The van der Waals surface area contributed by atoms with Crippen LogP contribution < -0.4 is 5.32 Å². The fourth-order valence-corrected chi connectivity index (χ4v) is 3.00. The third kappa shape index (κ3) is 5.00. The molecular formula is C17H16ClF3N4O2. The summed E-state index contributed by atoms with van der Waals surface area (Å²) in [6.07, 6.45) is -3.23. The molecule has 27 heavy (non-hydrogen) atoms. The molecule has 1 aliphatic heterocycles. The highest BCUT2D eigenvalue weighted by molar-refractivity contribution is 6.30. The van der Waals surface area contributed by atoms with Crippen molar-refractivity contribution in [3.05, 3.63) is 47.1 Å². The van der Waals surface area contributed by atoms with Gasteiger partial charge in [-0.25, -0.2) is 4.68 Å². The van der Waals surface area contributed by atoms with Crippen LogP contribution in [0.4, 0.5) is 19.0 Å². The maximum Gasteiger partial charge on any atom is 0.406 e. The quantitative estimate of drug-likeness (QED) is 0.839. The Hall–Kier alpha value is -2.55. The SMILES string of the molecule is O=C(Nc1ccnn1Cc1ccc(Cl)cc1)[C@H]1CC(=O)N(CC(F)(F)F)C1. The van der Waals surface area contributed by atoms with Crippen molar-refractivity contribution in [2.75, 3.05) is 18.4 Å². The lowest BCUT2D eigenvalue weighted by Crippen LogP contribution is -2.36. The average Bonchev–Trinajstić information content (AvgIpc) is 3.15. The lowest BCUT2D eigenvalue weighted by atomic mass is 10.1. The smallest absolute Gasteiger partial charge is 0.333 e. The number of hydrogen-bond acceptors (Lipinski definition) is 3. The number of aromatic nitrogens is 2. The standard InChI is InChI=1S/C17H16ClF3N4O2/c18-13-3-1-11(2-4-13)8-25-14(5-6-22-25)23-16(27)12-7-15(26)24(9-12)10-17(19,20)21/h1-6,12H,7-10H2,(H,23,27)/t12-/m0/s1. The van der Waals surface area contributed by atoms with Gasteiger partial charge in [-0.1, -0.05) is 23.7 Å². The molecule has 3 rings (SSSR count). The molecule has 1 N–H and O–H groups in total. The summed E-state index contributed by atoms with van der Waals surface area (Å²) in [7, 11) is 0. The van der Waals surface area contributed by atoms with E-state index >= 15 is 0 Å². The Labute approximate surface area is 157 Å². The number of anilines is 1. The number of likely N-dealkylation sites (tertiary alicyclic amines) is 1. The summed E-state index contributed by atoms with van der Waals surface area (Å²) in [5.74, 6) is -1.62. The molecule has 1 saturated heterocycles. The van der Waals surface area contributed by atoms with Crippen LogP contribution in [-0.2, 0) is 16.1 Å². The van der Waals surface area contributed by atoms with Crippen molar-refractivity contribution in [1.29, 1.82) is 0 Å². The van der Waals surface area contributed by atoms with Gasteiger partial charge in [0.25, 0.3) is 0 Å². The van der Waals surface area contributed by atoms with Gasteiger partial charge in [0.15, 0.2) is 0 Å². The minimum atomic E-state index is -4.49. The van der Waals surface area contributed by atoms with E-state index in [1.807, 2.05) is 12.1 Å². The number of nitrogens with one attached hydrogen (secondary N) is 1. The first-order valence-corrected chi connectivity index (χ1v) is 8.51. The predicted octanol–water partition coefficient (Wildman–Crippen LogP) is 2.93. The molecule has 0 radical (unpaired) electrons. The summed E-state index contributed by atoms with van der Waals surface area (Å²) in [4.78, 5) is 24.8. The molecular weight excluding hydrogens is 385 g/mol. The van der Waals surface area contributed by atoms with Gasteiger partial charge in [-0.2, -0.15) is 18.3 Å². The lowest BCUT2D eigenvalue weighted by Gasteiger charge is -2.18. The third-order valence-corrected chi connectivity index (χ3v) is 4.42. The minimum Gasteiger partial charge on any atom is -0.333 e. The summed E-state index contributed by atoms with van der Waals surface area (Å²) in [5.41, 5.74) is 0.908. The number of carbonyl (C=O) groups is 2. The van der Waals surface area contributed by atoms with Crippen molar-refractivity contribution in [1.82, 2.24) is 14.7 Å². The number of benzene rings is 1. The van der Waals surface area contributed by atoms with Crippen LogP contribution in [0.1, 0.15) is 12.0 Å². The minimum absolute atomic E-state index is 0.243. The molecule has 2 heterocycles. The summed E-state index contributed by atoms with van der Waals surface area (Å²) in [6, 6.07) is 8.69. The first kappa shape index (κ1) is 19.2. The summed E-state index contributed by atoms with van der Waals surface area (Å²) >= 11 is 5.85.